The minimum absolute atomic E-state index is 0.0257. The molecule has 0 spiro atoms. The van der Waals surface area contributed by atoms with Crippen molar-refractivity contribution < 1.29 is 18.3 Å². The average molecular weight is 421 g/mol. The van der Waals surface area contributed by atoms with Crippen LogP contribution in [0.3, 0.4) is 0 Å². The highest BCUT2D eigenvalue weighted by Crippen LogP contribution is 2.34. The normalized spacial score (nSPS) is 15.8. The monoisotopic (exact) mass is 421 g/mol. The number of rotatable bonds is 2. The molecule has 5 rings (SSSR count). The van der Waals surface area contributed by atoms with Gasteiger partial charge in [-0.25, -0.2) is 8.78 Å². The van der Waals surface area contributed by atoms with Gasteiger partial charge < -0.3 is 14.6 Å². The summed E-state index contributed by atoms with van der Waals surface area (Å²) in [5.74, 6) is -2.46. The summed E-state index contributed by atoms with van der Waals surface area (Å²) in [5.41, 5.74) is 1.61. The number of nitrogens with zero attached hydrogens (tertiary/aromatic N) is 2. The number of para-hydroxylation sites is 1. The fraction of sp³-hybridized carbons (Fsp3) is 0.174. The van der Waals surface area contributed by atoms with Crippen LogP contribution in [-0.4, -0.2) is 34.4 Å². The van der Waals surface area contributed by atoms with Crippen molar-refractivity contribution in [3.05, 3.63) is 87.5 Å². The summed E-state index contributed by atoms with van der Waals surface area (Å²) in [6.07, 6.45) is 1.51. The Balaban J connectivity index is 1.61. The molecule has 0 saturated carbocycles. The van der Waals surface area contributed by atoms with Gasteiger partial charge in [0.1, 0.15) is 0 Å². The Kier molecular flexibility index (Phi) is 4.51. The quantitative estimate of drug-likeness (QED) is 0.536. The number of amides is 1. The molecule has 0 saturated heterocycles. The first-order valence-corrected chi connectivity index (χ1v) is 9.67. The fourth-order valence-electron chi connectivity index (χ4n) is 4.08. The molecule has 1 aliphatic heterocycles. The van der Waals surface area contributed by atoms with Crippen LogP contribution in [0.5, 0.6) is 0 Å². The second-order valence-electron chi connectivity index (χ2n) is 7.52. The van der Waals surface area contributed by atoms with Crippen molar-refractivity contribution >= 4 is 27.6 Å². The van der Waals surface area contributed by atoms with Gasteiger partial charge in [0.25, 0.3) is 11.5 Å². The summed E-state index contributed by atoms with van der Waals surface area (Å²) < 4.78 is 33.4. The molecule has 2 aromatic carbocycles. The van der Waals surface area contributed by atoms with Crippen molar-refractivity contribution in [3.63, 3.8) is 0 Å². The molecule has 1 aliphatic rings. The molecule has 0 radical (unpaired) electrons. The Morgan fingerprint density at radius 2 is 1.90 bits per heavy atom. The molecule has 1 atom stereocenters. The molecule has 4 aromatic rings. The van der Waals surface area contributed by atoms with Gasteiger partial charge in [-0.05, 0) is 29.7 Å². The van der Waals surface area contributed by atoms with Gasteiger partial charge in [0.2, 0.25) is 0 Å². The Morgan fingerprint density at radius 1 is 1.16 bits per heavy atom. The molecule has 2 aromatic heterocycles. The minimum Gasteiger partial charge on any atom is -0.373 e. The van der Waals surface area contributed by atoms with Crippen LogP contribution < -0.4 is 5.56 Å². The van der Waals surface area contributed by atoms with E-state index in [0.717, 1.165) is 23.0 Å². The number of carbonyl (C=O) groups is 1. The number of likely N-dealkylation sites (N-methyl/N-ethyl adjacent to an activating group) is 1. The highest BCUT2D eigenvalue weighted by Gasteiger charge is 2.31. The Bertz CT molecular complexity index is 1420. The number of pyridine rings is 2. The van der Waals surface area contributed by atoms with Crippen molar-refractivity contribution in [2.24, 2.45) is 0 Å². The number of hydrogen-bond donors (Lipinski definition) is 1. The lowest BCUT2D eigenvalue weighted by molar-refractivity contribution is 0.0335. The van der Waals surface area contributed by atoms with E-state index in [1.54, 1.807) is 13.1 Å². The van der Waals surface area contributed by atoms with Gasteiger partial charge in [0.05, 0.1) is 35.7 Å². The Labute approximate surface area is 175 Å². The van der Waals surface area contributed by atoms with Crippen LogP contribution in [-0.2, 0) is 11.3 Å². The number of fused-ring (bicyclic) bond motifs is 4. The van der Waals surface area contributed by atoms with Crippen LogP contribution in [0.1, 0.15) is 27.7 Å². The van der Waals surface area contributed by atoms with Crippen LogP contribution in [0, 0.1) is 11.6 Å². The predicted octanol–water partition coefficient (Wildman–Crippen LogP) is 3.70. The highest BCUT2D eigenvalue weighted by atomic mass is 19.2. The standard InChI is InChI=1S/C23H17F2N3O3/c1-28(23(30)13-6-12-4-2-3-5-18(12)26-9-13)20-11-31-10-19-21(20)14-7-16(24)17(25)8-15(14)22(29)27-19/h2-9,20H,10-11H2,1H3,(H,27,29). The van der Waals surface area contributed by atoms with Crippen molar-refractivity contribution in [2.45, 2.75) is 12.6 Å². The molecule has 6 nitrogen and oxygen atoms in total. The number of benzene rings is 2. The summed E-state index contributed by atoms with van der Waals surface area (Å²) in [6.45, 7) is 0.256. The lowest BCUT2D eigenvalue weighted by Gasteiger charge is -2.33. The van der Waals surface area contributed by atoms with Gasteiger partial charge in [0.15, 0.2) is 11.6 Å². The van der Waals surface area contributed by atoms with E-state index in [-0.39, 0.29) is 29.9 Å². The summed E-state index contributed by atoms with van der Waals surface area (Å²) in [7, 11) is 1.61. The molecule has 31 heavy (non-hydrogen) atoms. The summed E-state index contributed by atoms with van der Waals surface area (Å²) in [4.78, 5) is 34.1. The number of aromatic amines is 1. The maximum absolute atomic E-state index is 14.0. The van der Waals surface area contributed by atoms with Crippen LogP contribution in [0.4, 0.5) is 8.78 Å². The molecule has 1 unspecified atom stereocenters. The molecule has 156 valence electrons. The molecule has 0 bridgehead atoms. The van der Waals surface area contributed by atoms with E-state index in [1.807, 2.05) is 24.3 Å². The maximum Gasteiger partial charge on any atom is 0.256 e. The molecule has 1 amide bonds. The van der Waals surface area contributed by atoms with Crippen molar-refractivity contribution in [2.75, 3.05) is 13.7 Å². The molecular weight excluding hydrogens is 404 g/mol. The number of hydrogen-bond acceptors (Lipinski definition) is 4. The van der Waals surface area contributed by atoms with Gasteiger partial charge >= 0.3 is 0 Å². The van der Waals surface area contributed by atoms with Crippen molar-refractivity contribution in [1.29, 1.82) is 0 Å². The second kappa shape index (κ2) is 7.24. The zero-order chi connectivity index (χ0) is 21.7. The zero-order valence-electron chi connectivity index (χ0n) is 16.5. The fourth-order valence-corrected chi connectivity index (χ4v) is 4.08. The lowest BCUT2D eigenvalue weighted by Crippen LogP contribution is -2.37. The largest absolute Gasteiger partial charge is 0.373 e. The van der Waals surface area contributed by atoms with E-state index in [4.69, 9.17) is 4.74 Å². The summed E-state index contributed by atoms with van der Waals surface area (Å²) >= 11 is 0. The van der Waals surface area contributed by atoms with Crippen LogP contribution in [0.2, 0.25) is 0 Å². The van der Waals surface area contributed by atoms with E-state index in [9.17, 15) is 18.4 Å². The van der Waals surface area contributed by atoms with Gasteiger partial charge in [-0.3, -0.25) is 14.6 Å². The molecule has 0 aliphatic carbocycles. The first kappa shape index (κ1) is 19.3. The molecule has 8 heteroatoms. The van der Waals surface area contributed by atoms with Gasteiger partial charge in [-0.15, -0.1) is 0 Å². The minimum atomic E-state index is -1.10. The van der Waals surface area contributed by atoms with Gasteiger partial charge in [0, 0.05) is 29.9 Å². The third-order valence-electron chi connectivity index (χ3n) is 5.67. The number of ether oxygens (including phenoxy) is 1. The lowest BCUT2D eigenvalue weighted by atomic mass is 9.95. The topological polar surface area (TPSA) is 75.3 Å². The third-order valence-corrected chi connectivity index (χ3v) is 5.67. The first-order valence-electron chi connectivity index (χ1n) is 9.67. The predicted molar refractivity (Wildman–Crippen MR) is 111 cm³/mol. The van der Waals surface area contributed by atoms with Gasteiger partial charge in [-0.1, -0.05) is 18.2 Å². The van der Waals surface area contributed by atoms with Crippen LogP contribution >= 0.6 is 0 Å². The summed E-state index contributed by atoms with van der Waals surface area (Å²) in [6, 6.07) is 10.5. The first-order chi connectivity index (χ1) is 14.9. The SMILES string of the molecule is CN(C(=O)c1cnc2ccccc2c1)C1COCc2[nH]c(=O)c3cc(F)c(F)cc3c21. The number of halogens is 2. The number of aromatic nitrogens is 2. The highest BCUT2D eigenvalue weighted by molar-refractivity contribution is 5.98. The average Bonchev–Trinajstić information content (AvgIpc) is 2.78. The van der Waals surface area contributed by atoms with E-state index < -0.39 is 23.2 Å². The maximum atomic E-state index is 14.0. The molecule has 0 fully saturated rings. The van der Waals surface area contributed by atoms with Crippen molar-refractivity contribution in [1.82, 2.24) is 14.9 Å². The zero-order valence-corrected chi connectivity index (χ0v) is 16.5. The third kappa shape index (κ3) is 3.16. The van der Waals surface area contributed by atoms with Crippen LogP contribution in [0.15, 0.2) is 53.5 Å². The number of H-pyrrole nitrogens is 1. The number of carbonyl (C=O) groups excluding carboxylic acids is 1. The second-order valence-corrected chi connectivity index (χ2v) is 7.52. The Hall–Kier alpha value is -3.65. The van der Waals surface area contributed by atoms with Gasteiger partial charge in [-0.2, -0.15) is 0 Å². The molecule has 3 heterocycles. The summed E-state index contributed by atoms with van der Waals surface area (Å²) in [5, 5.41) is 1.12. The van der Waals surface area contributed by atoms with Crippen molar-refractivity contribution in [3.8, 4) is 0 Å². The van der Waals surface area contributed by atoms with E-state index in [2.05, 4.69) is 9.97 Å². The molecule has 1 N–H and O–H groups in total. The smallest absolute Gasteiger partial charge is 0.256 e. The van der Waals surface area contributed by atoms with E-state index in [1.165, 1.54) is 11.1 Å². The number of nitrogens with one attached hydrogen (secondary N) is 1. The molecular formula is C23H17F2N3O3. The Morgan fingerprint density at radius 3 is 2.71 bits per heavy atom. The van der Waals surface area contributed by atoms with Crippen LogP contribution in [0.25, 0.3) is 21.7 Å². The van der Waals surface area contributed by atoms with E-state index >= 15 is 0 Å². The van der Waals surface area contributed by atoms with E-state index in [0.29, 0.717) is 16.8 Å².